The zero-order chi connectivity index (χ0) is 22.6. The van der Waals surface area contributed by atoms with Crippen molar-refractivity contribution in [2.24, 2.45) is 5.16 Å². The van der Waals surface area contributed by atoms with Gasteiger partial charge in [0.15, 0.2) is 6.10 Å². The molecule has 0 radical (unpaired) electrons. The van der Waals surface area contributed by atoms with Gasteiger partial charge in [-0.05, 0) is 49.2 Å². The summed E-state index contributed by atoms with van der Waals surface area (Å²) in [7, 11) is 0. The molecule has 0 spiro atoms. The molecule has 0 saturated heterocycles. The lowest BCUT2D eigenvalue weighted by Gasteiger charge is -2.26. The largest absolute Gasteiger partial charge is 0.416 e. The van der Waals surface area contributed by atoms with E-state index in [9.17, 15) is 18.0 Å². The highest BCUT2D eigenvalue weighted by atomic mass is 35.5. The van der Waals surface area contributed by atoms with Gasteiger partial charge in [0.05, 0.1) is 17.8 Å². The van der Waals surface area contributed by atoms with Gasteiger partial charge in [-0.1, -0.05) is 41.0 Å². The number of carbonyl (C=O) groups is 1. The Balaban J connectivity index is 1.71. The van der Waals surface area contributed by atoms with Crippen LogP contribution in [0.15, 0.2) is 53.7 Å². The summed E-state index contributed by atoms with van der Waals surface area (Å²) in [5.41, 5.74) is 1.22. The number of nitrogens with one attached hydrogen (secondary N) is 1. The Hall–Kier alpha value is -2.74. The lowest BCUT2D eigenvalue weighted by molar-refractivity contribution is -0.137. The van der Waals surface area contributed by atoms with Crippen molar-refractivity contribution < 1.29 is 22.8 Å². The predicted molar refractivity (Wildman–Crippen MR) is 113 cm³/mol. The van der Waals surface area contributed by atoms with E-state index in [0.717, 1.165) is 23.4 Å². The molecule has 31 heavy (non-hydrogen) atoms. The summed E-state index contributed by atoms with van der Waals surface area (Å²) in [4.78, 5) is 19.7. The summed E-state index contributed by atoms with van der Waals surface area (Å²) in [6.07, 6.45) is -4.39. The number of rotatable bonds is 6. The molecule has 2 amide bonds. The molecule has 1 N–H and O–H groups in total. The van der Waals surface area contributed by atoms with Gasteiger partial charge >= 0.3 is 12.2 Å². The van der Waals surface area contributed by atoms with Crippen LogP contribution in [0.4, 0.5) is 18.0 Å². The van der Waals surface area contributed by atoms with Crippen molar-refractivity contribution in [1.29, 1.82) is 0 Å². The van der Waals surface area contributed by atoms with Crippen LogP contribution < -0.4 is 5.32 Å². The summed E-state index contributed by atoms with van der Waals surface area (Å²) < 4.78 is 39.2. The maximum atomic E-state index is 13.1. The van der Waals surface area contributed by atoms with Crippen molar-refractivity contribution >= 4 is 23.3 Å². The molecule has 0 aliphatic carbocycles. The van der Waals surface area contributed by atoms with Gasteiger partial charge in [0, 0.05) is 24.0 Å². The molecule has 1 unspecified atom stereocenters. The van der Waals surface area contributed by atoms with E-state index >= 15 is 0 Å². The van der Waals surface area contributed by atoms with E-state index in [1.54, 1.807) is 18.2 Å². The molecule has 0 saturated carbocycles. The number of nitrogens with zero attached hydrogens (tertiary/aromatic N) is 2. The third kappa shape index (κ3) is 6.37. The van der Waals surface area contributed by atoms with Gasteiger partial charge in [-0.25, -0.2) is 4.79 Å². The molecule has 9 heteroatoms. The minimum Gasteiger partial charge on any atom is -0.390 e. The van der Waals surface area contributed by atoms with E-state index in [-0.39, 0.29) is 25.2 Å². The van der Waals surface area contributed by atoms with Gasteiger partial charge in [-0.15, -0.1) is 0 Å². The fourth-order valence-electron chi connectivity index (χ4n) is 3.21. The van der Waals surface area contributed by atoms with Gasteiger partial charge in [-0.2, -0.15) is 13.2 Å². The van der Waals surface area contributed by atoms with Crippen molar-refractivity contribution in [3.05, 3.63) is 70.2 Å². The van der Waals surface area contributed by atoms with Crippen molar-refractivity contribution in [1.82, 2.24) is 10.2 Å². The Kier molecular flexibility index (Phi) is 7.10. The van der Waals surface area contributed by atoms with Crippen LogP contribution in [0.2, 0.25) is 5.02 Å². The first-order valence-electron chi connectivity index (χ1n) is 9.82. The third-order valence-corrected chi connectivity index (χ3v) is 4.91. The van der Waals surface area contributed by atoms with Crippen molar-refractivity contribution in [2.45, 2.75) is 45.1 Å². The van der Waals surface area contributed by atoms with Crippen LogP contribution in [-0.4, -0.2) is 35.3 Å². The minimum absolute atomic E-state index is 0.0125. The zero-order valence-electron chi connectivity index (χ0n) is 17.1. The third-order valence-electron chi connectivity index (χ3n) is 4.66. The first-order chi connectivity index (χ1) is 14.6. The number of oxime groups is 1. The Labute approximate surface area is 183 Å². The Morgan fingerprint density at radius 1 is 1.26 bits per heavy atom. The van der Waals surface area contributed by atoms with Crippen LogP contribution in [0.1, 0.15) is 37.0 Å². The van der Waals surface area contributed by atoms with Crippen LogP contribution in [0, 0.1) is 0 Å². The first kappa shape index (κ1) is 22.9. The van der Waals surface area contributed by atoms with Crippen LogP contribution in [0.25, 0.3) is 0 Å². The SMILES string of the molecule is CC(C)NC(=O)N(Cc1cccc(C(F)(F)F)c1)CC1CC(c2ccc(Cl)cc2)=NO1. The Bertz CT molecular complexity index is 946. The molecule has 0 bridgehead atoms. The standard InChI is InChI=1S/C22H23ClF3N3O2/c1-14(2)27-21(30)29(12-15-4-3-5-17(10-15)22(24,25)26)13-19-11-20(28-31-19)16-6-8-18(23)9-7-16/h3-10,14,19H,11-13H2,1-2H3,(H,27,30). The summed E-state index contributed by atoms with van der Waals surface area (Å²) in [6, 6.07) is 11.6. The zero-order valence-corrected chi connectivity index (χ0v) is 17.9. The average Bonchev–Trinajstić information content (AvgIpc) is 3.15. The summed E-state index contributed by atoms with van der Waals surface area (Å²) in [6.45, 7) is 3.82. The lowest BCUT2D eigenvalue weighted by atomic mass is 10.0. The monoisotopic (exact) mass is 453 g/mol. The number of carbonyl (C=O) groups excluding carboxylic acids is 1. The topological polar surface area (TPSA) is 53.9 Å². The molecule has 166 valence electrons. The molecule has 0 aromatic heterocycles. The quantitative estimate of drug-likeness (QED) is 0.630. The number of alkyl halides is 3. The van der Waals surface area contributed by atoms with Gasteiger partial charge in [0.25, 0.3) is 0 Å². The predicted octanol–water partition coefficient (Wildman–Crippen LogP) is 5.47. The fraction of sp³-hybridized carbons (Fsp3) is 0.364. The molecule has 2 aromatic rings. The highest BCUT2D eigenvalue weighted by molar-refractivity contribution is 6.30. The molecule has 5 nitrogen and oxygen atoms in total. The molecule has 1 aliphatic rings. The number of urea groups is 1. The van der Waals surface area contributed by atoms with Gasteiger partial charge in [0.1, 0.15) is 0 Å². The van der Waals surface area contributed by atoms with E-state index < -0.39 is 17.8 Å². The molecule has 2 aromatic carbocycles. The average molecular weight is 454 g/mol. The minimum atomic E-state index is -4.45. The molecule has 1 aliphatic heterocycles. The van der Waals surface area contributed by atoms with Crippen LogP contribution in [-0.2, 0) is 17.6 Å². The van der Waals surface area contributed by atoms with Crippen molar-refractivity contribution in [3.63, 3.8) is 0 Å². The van der Waals surface area contributed by atoms with Crippen molar-refractivity contribution in [3.8, 4) is 0 Å². The molecular formula is C22H23ClF3N3O2. The maximum absolute atomic E-state index is 13.1. The highest BCUT2D eigenvalue weighted by Crippen LogP contribution is 2.30. The molecule has 3 rings (SSSR count). The molecular weight excluding hydrogens is 431 g/mol. The molecule has 1 atom stereocenters. The molecule has 1 heterocycles. The number of amides is 2. The van der Waals surface area contributed by atoms with Crippen LogP contribution in [0.3, 0.4) is 0 Å². The van der Waals surface area contributed by atoms with Crippen molar-refractivity contribution in [2.75, 3.05) is 6.54 Å². The summed E-state index contributed by atoms with van der Waals surface area (Å²) in [5, 5.41) is 7.51. The van der Waals surface area contributed by atoms with Crippen LogP contribution in [0.5, 0.6) is 0 Å². The van der Waals surface area contributed by atoms with Crippen LogP contribution >= 0.6 is 11.6 Å². The Morgan fingerprint density at radius 3 is 2.61 bits per heavy atom. The number of hydrogen-bond acceptors (Lipinski definition) is 3. The lowest BCUT2D eigenvalue weighted by Crippen LogP contribution is -2.45. The van der Waals surface area contributed by atoms with E-state index in [4.69, 9.17) is 16.4 Å². The van der Waals surface area contributed by atoms with E-state index in [1.165, 1.54) is 11.0 Å². The first-order valence-corrected chi connectivity index (χ1v) is 10.2. The van der Waals surface area contributed by atoms with Gasteiger partial charge < -0.3 is 15.1 Å². The second-order valence-corrected chi connectivity index (χ2v) is 8.10. The highest BCUT2D eigenvalue weighted by Gasteiger charge is 2.31. The fourth-order valence-corrected chi connectivity index (χ4v) is 3.33. The summed E-state index contributed by atoms with van der Waals surface area (Å²) in [5.74, 6) is 0. The smallest absolute Gasteiger partial charge is 0.390 e. The summed E-state index contributed by atoms with van der Waals surface area (Å²) >= 11 is 5.92. The number of halogens is 4. The molecule has 0 fully saturated rings. The second kappa shape index (κ2) is 9.60. The van der Waals surface area contributed by atoms with E-state index in [0.29, 0.717) is 17.0 Å². The number of benzene rings is 2. The Morgan fingerprint density at radius 2 is 1.97 bits per heavy atom. The van der Waals surface area contributed by atoms with Gasteiger partial charge in [-0.3, -0.25) is 0 Å². The van der Waals surface area contributed by atoms with E-state index in [1.807, 2.05) is 26.0 Å². The maximum Gasteiger partial charge on any atom is 0.416 e. The van der Waals surface area contributed by atoms with E-state index in [2.05, 4.69) is 10.5 Å². The normalized spacial score (nSPS) is 16.1. The number of hydrogen-bond donors (Lipinski definition) is 1. The second-order valence-electron chi connectivity index (χ2n) is 7.66. The van der Waals surface area contributed by atoms with Gasteiger partial charge in [0.2, 0.25) is 0 Å².